The van der Waals surface area contributed by atoms with Gasteiger partial charge in [0.2, 0.25) is 5.70 Å². The van der Waals surface area contributed by atoms with Gasteiger partial charge in [-0.05, 0) is 6.58 Å². The number of quaternary nitrogens is 1. The number of hydrogen-bond acceptors (Lipinski definition) is 1. The number of carboxylic acid groups (broad SMARTS) is 1. The third-order valence-electron chi connectivity index (χ3n) is 1.06. The molecule has 0 aromatic carbocycles. The zero-order valence-corrected chi connectivity index (χ0v) is 6.01. The molecule has 1 N–H and O–H groups in total. The number of nitrogens with zero attached hydrogens (tertiary/aromatic N) is 1. The highest BCUT2D eigenvalue weighted by molar-refractivity contribution is 5.83. The lowest BCUT2D eigenvalue weighted by Gasteiger charge is -2.21. The minimum Gasteiger partial charge on any atom is -0.474 e. The topological polar surface area (TPSA) is 37.3 Å². The molecule has 0 aromatic heterocycles. The number of aliphatic carboxylic acids is 1. The van der Waals surface area contributed by atoms with Gasteiger partial charge >= 0.3 is 5.97 Å². The van der Waals surface area contributed by atoms with Crippen molar-refractivity contribution in [1.82, 2.24) is 0 Å². The fourth-order valence-electron chi connectivity index (χ4n) is 0.287. The Kier molecular flexibility index (Phi) is 1.99. The highest BCUT2D eigenvalue weighted by Gasteiger charge is 2.20. The summed E-state index contributed by atoms with van der Waals surface area (Å²) in [7, 11) is 5.28. The third kappa shape index (κ3) is 2.28. The second kappa shape index (κ2) is 2.19. The predicted octanol–water partition coefficient (Wildman–Crippen LogP) is 0.291. The van der Waals surface area contributed by atoms with Crippen molar-refractivity contribution in [3.05, 3.63) is 12.3 Å². The molecular formula is C6H12NO2+. The SMILES string of the molecule is C=C(C(=O)O)[N+](C)(C)C. The molecule has 0 saturated carbocycles. The molecule has 0 rings (SSSR count). The van der Waals surface area contributed by atoms with Crippen LogP contribution in [0.1, 0.15) is 0 Å². The molecule has 0 fully saturated rings. The van der Waals surface area contributed by atoms with Gasteiger partial charge in [0.05, 0.1) is 21.1 Å². The van der Waals surface area contributed by atoms with Gasteiger partial charge in [0.25, 0.3) is 0 Å². The molecule has 0 aromatic rings. The number of rotatable bonds is 2. The van der Waals surface area contributed by atoms with E-state index in [4.69, 9.17) is 5.11 Å². The van der Waals surface area contributed by atoms with E-state index in [1.165, 1.54) is 0 Å². The lowest BCUT2D eigenvalue weighted by atomic mass is 10.4. The van der Waals surface area contributed by atoms with E-state index in [9.17, 15) is 4.79 Å². The molecule has 0 amide bonds. The number of carbonyl (C=O) groups is 1. The molecule has 0 radical (unpaired) electrons. The third-order valence-corrected chi connectivity index (χ3v) is 1.06. The fourth-order valence-corrected chi connectivity index (χ4v) is 0.287. The van der Waals surface area contributed by atoms with Crippen molar-refractivity contribution in [3.63, 3.8) is 0 Å². The quantitative estimate of drug-likeness (QED) is 0.431. The van der Waals surface area contributed by atoms with E-state index in [2.05, 4.69) is 6.58 Å². The molecule has 0 spiro atoms. The van der Waals surface area contributed by atoms with Crippen LogP contribution in [0.15, 0.2) is 12.3 Å². The van der Waals surface area contributed by atoms with Crippen LogP contribution < -0.4 is 0 Å². The van der Waals surface area contributed by atoms with Crippen molar-refractivity contribution in [2.75, 3.05) is 21.1 Å². The second-order valence-corrected chi connectivity index (χ2v) is 2.76. The summed E-state index contributed by atoms with van der Waals surface area (Å²) in [5.41, 5.74) is 0.190. The van der Waals surface area contributed by atoms with Gasteiger partial charge in [-0.1, -0.05) is 0 Å². The van der Waals surface area contributed by atoms with E-state index in [-0.39, 0.29) is 10.2 Å². The Morgan fingerprint density at radius 2 is 1.78 bits per heavy atom. The normalized spacial score (nSPS) is 11.0. The van der Waals surface area contributed by atoms with Gasteiger partial charge < -0.3 is 5.11 Å². The monoisotopic (exact) mass is 130 g/mol. The number of hydrogen-bond donors (Lipinski definition) is 1. The van der Waals surface area contributed by atoms with Crippen LogP contribution >= 0.6 is 0 Å². The summed E-state index contributed by atoms with van der Waals surface area (Å²) >= 11 is 0. The first-order valence-electron chi connectivity index (χ1n) is 2.60. The van der Waals surface area contributed by atoms with E-state index < -0.39 is 5.97 Å². The zero-order chi connectivity index (χ0) is 7.65. The van der Waals surface area contributed by atoms with E-state index >= 15 is 0 Å². The number of carboxylic acids is 1. The van der Waals surface area contributed by atoms with Crippen LogP contribution in [0, 0.1) is 0 Å². The molecule has 0 aliphatic carbocycles. The fraction of sp³-hybridized carbons (Fsp3) is 0.500. The van der Waals surface area contributed by atoms with Crippen molar-refractivity contribution in [2.45, 2.75) is 0 Å². The lowest BCUT2D eigenvalue weighted by molar-refractivity contribution is -0.826. The van der Waals surface area contributed by atoms with Gasteiger partial charge in [0.1, 0.15) is 0 Å². The minimum absolute atomic E-state index is 0.190. The summed E-state index contributed by atoms with van der Waals surface area (Å²) in [6.45, 7) is 3.40. The minimum atomic E-state index is -0.942. The molecule has 0 atom stereocenters. The Balaban J connectivity index is 4.23. The Morgan fingerprint density at radius 1 is 1.44 bits per heavy atom. The molecule has 3 nitrogen and oxygen atoms in total. The van der Waals surface area contributed by atoms with Crippen LogP contribution in [-0.2, 0) is 4.79 Å². The highest BCUT2D eigenvalue weighted by atomic mass is 16.4. The van der Waals surface area contributed by atoms with E-state index in [0.29, 0.717) is 0 Å². The molecule has 52 valence electrons. The summed E-state index contributed by atoms with van der Waals surface area (Å²) in [6, 6.07) is 0. The molecule has 0 aliphatic heterocycles. The highest BCUT2D eigenvalue weighted by Crippen LogP contribution is 2.03. The maximum absolute atomic E-state index is 10.2. The standard InChI is InChI=1S/C6H11NO2/c1-5(6(8)9)7(2,3)4/h1H2,2-4H3/p+1. The van der Waals surface area contributed by atoms with E-state index in [1.807, 2.05) is 0 Å². The second-order valence-electron chi connectivity index (χ2n) is 2.76. The molecular weight excluding hydrogens is 118 g/mol. The molecule has 0 bridgehead atoms. The van der Waals surface area contributed by atoms with Crippen molar-refractivity contribution in [3.8, 4) is 0 Å². The summed E-state index contributed by atoms with van der Waals surface area (Å²) < 4.78 is 0.273. The van der Waals surface area contributed by atoms with Crippen molar-refractivity contribution in [2.24, 2.45) is 0 Å². The van der Waals surface area contributed by atoms with Gasteiger partial charge in [-0.15, -0.1) is 0 Å². The molecule has 0 unspecified atom stereocenters. The first-order valence-corrected chi connectivity index (χ1v) is 2.60. The summed E-state index contributed by atoms with van der Waals surface area (Å²) in [5.74, 6) is -0.942. The van der Waals surface area contributed by atoms with Gasteiger partial charge in [0.15, 0.2) is 0 Å². The van der Waals surface area contributed by atoms with Crippen molar-refractivity contribution in [1.29, 1.82) is 0 Å². The molecule has 0 heterocycles. The zero-order valence-electron chi connectivity index (χ0n) is 6.01. The Morgan fingerprint density at radius 3 is 1.78 bits per heavy atom. The van der Waals surface area contributed by atoms with Crippen molar-refractivity contribution >= 4 is 5.97 Å². The van der Waals surface area contributed by atoms with Crippen LogP contribution in [0.2, 0.25) is 0 Å². The first-order chi connectivity index (χ1) is 3.85. The van der Waals surface area contributed by atoms with Gasteiger partial charge in [-0.25, -0.2) is 4.79 Å². The smallest absolute Gasteiger partial charge is 0.389 e. The summed E-state index contributed by atoms with van der Waals surface area (Å²) in [6.07, 6.45) is 0. The summed E-state index contributed by atoms with van der Waals surface area (Å²) in [4.78, 5) is 10.2. The molecule has 9 heavy (non-hydrogen) atoms. The number of likely N-dealkylation sites (N-methyl/N-ethyl adjacent to an activating group) is 1. The summed E-state index contributed by atoms with van der Waals surface area (Å²) in [5, 5.41) is 8.40. The van der Waals surface area contributed by atoms with Gasteiger partial charge in [-0.2, -0.15) is 0 Å². The maximum atomic E-state index is 10.2. The maximum Gasteiger partial charge on any atom is 0.389 e. The molecule has 3 heteroatoms. The lowest BCUT2D eigenvalue weighted by Crippen LogP contribution is -2.36. The Hall–Kier alpha value is -0.830. The van der Waals surface area contributed by atoms with Crippen LogP contribution in [0.5, 0.6) is 0 Å². The van der Waals surface area contributed by atoms with E-state index in [1.54, 1.807) is 21.1 Å². The average molecular weight is 130 g/mol. The van der Waals surface area contributed by atoms with Crippen LogP contribution in [0.3, 0.4) is 0 Å². The van der Waals surface area contributed by atoms with Gasteiger partial charge in [0, 0.05) is 0 Å². The Labute approximate surface area is 54.8 Å². The first kappa shape index (κ1) is 8.17. The molecule has 0 saturated heterocycles. The van der Waals surface area contributed by atoms with Crippen LogP contribution in [0.4, 0.5) is 0 Å². The predicted molar refractivity (Wildman–Crippen MR) is 34.8 cm³/mol. The van der Waals surface area contributed by atoms with Crippen molar-refractivity contribution < 1.29 is 14.4 Å². The van der Waals surface area contributed by atoms with Gasteiger partial charge in [-0.3, -0.25) is 4.48 Å². The van der Waals surface area contributed by atoms with E-state index in [0.717, 1.165) is 0 Å². The van der Waals surface area contributed by atoms with Crippen LogP contribution in [-0.4, -0.2) is 36.7 Å². The van der Waals surface area contributed by atoms with Crippen LogP contribution in [0.25, 0.3) is 0 Å². The average Bonchev–Trinajstić information content (AvgIpc) is 1.62. The largest absolute Gasteiger partial charge is 0.474 e. The Bertz CT molecular complexity index is 144. The molecule has 0 aliphatic rings.